The summed E-state index contributed by atoms with van der Waals surface area (Å²) in [6.07, 6.45) is 0.788. The number of hydrogen-bond acceptors (Lipinski definition) is 3. The minimum absolute atomic E-state index is 0.392. The number of nitrogens with zero attached hydrogens (tertiary/aromatic N) is 2. The largest absolute Gasteiger partial charge is 0.387 e. The zero-order valence-electron chi connectivity index (χ0n) is 14.2. The van der Waals surface area contributed by atoms with Crippen LogP contribution in [-0.4, -0.2) is 54.2 Å². The Morgan fingerprint density at radius 2 is 1.81 bits per heavy atom. The van der Waals surface area contributed by atoms with Gasteiger partial charge >= 0.3 is 0 Å². The predicted octanol–water partition coefficient (Wildman–Crippen LogP) is 2.67. The van der Waals surface area contributed by atoms with Crippen molar-refractivity contribution in [2.24, 2.45) is 0 Å². The van der Waals surface area contributed by atoms with Gasteiger partial charge in [0.2, 0.25) is 0 Å². The van der Waals surface area contributed by atoms with Gasteiger partial charge in [0.15, 0.2) is 0 Å². The molecule has 0 aliphatic carbocycles. The summed E-state index contributed by atoms with van der Waals surface area (Å²) in [5, 5.41) is 10.7. The Bertz CT molecular complexity index is 463. The summed E-state index contributed by atoms with van der Waals surface area (Å²) in [4.78, 5) is 4.83. The lowest BCUT2D eigenvalue weighted by Gasteiger charge is -2.30. The highest BCUT2D eigenvalue weighted by molar-refractivity contribution is 5.39. The second kappa shape index (κ2) is 6.91. The van der Waals surface area contributed by atoms with Gasteiger partial charge in [0.05, 0.1) is 6.10 Å². The molecule has 1 aliphatic heterocycles. The minimum Gasteiger partial charge on any atom is -0.387 e. The van der Waals surface area contributed by atoms with Crippen molar-refractivity contribution in [2.45, 2.75) is 46.3 Å². The molecule has 3 heteroatoms. The second-order valence-electron chi connectivity index (χ2n) is 6.79. The van der Waals surface area contributed by atoms with Crippen LogP contribution in [0, 0.1) is 20.8 Å². The average molecular weight is 290 g/mol. The number of aliphatic hydroxyl groups is 1. The van der Waals surface area contributed by atoms with Crippen LogP contribution in [0.15, 0.2) is 12.1 Å². The van der Waals surface area contributed by atoms with Crippen molar-refractivity contribution >= 4 is 0 Å². The molecular formula is C18H30N2O. The van der Waals surface area contributed by atoms with Crippen molar-refractivity contribution in [1.29, 1.82) is 0 Å². The van der Waals surface area contributed by atoms with Gasteiger partial charge in [-0.25, -0.2) is 0 Å². The monoisotopic (exact) mass is 290 g/mol. The number of aliphatic hydroxyl groups excluding tert-OH is 1. The first kappa shape index (κ1) is 16.5. The van der Waals surface area contributed by atoms with E-state index < -0.39 is 6.10 Å². The molecule has 1 aliphatic rings. The van der Waals surface area contributed by atoms with Gasteiger partial charge in [-0.15, -0.1) is 0 Å². The highest BCUT2D eigenvalue weighted by Gasteiger charge is 2.23. The van der Waals surface area contributed by atoms with Crippen molar-refractivity contribution in [2.75, 3.05) is 33.2 Å². The summed E-state index contributed by atoms with van der Waals surface area (Å²) >= 11 is 0. The molecule has 3 nitrogen and oxygen atoms in total. The van der Waals surface area contributed by atoms with Crippen LogP contribution in [0.5, 0.6) is 0 Å². The average Bonchev–Trinajstić information content (AvgIpc) is 2.50. The SMILES string of the molecule is Cc1cc(C)c(C(O)CN2CCCN(C)CC2C)c(C)c1. The maximum atomic E-state index is 10.7. The smallest absolute Gasteiger partial charge is 0.0922 e. The summed E-state index contributed by atoms with van der Waals surface area (Å²) < 4.78 is 0. The standard InChI is InChI=1S/C18H30N2O/c1-13-9-14(2)18(15(3)10-13)17(21)12-20-8-6-7-19(5)11-16(20)4/h9-10,16-17,21H,6-8,11-12H2,1-5H3. The molecule has 21 heavy (non-hydrogen) atoms. The van der Waals surface area contributed by atoms with Crippen LogP contribution in [0.3, 0.4) is 0 Å². The molecule has 0 radical (unpaired) electrons. The van der Waals surface area contributed by atoms with Crippen LogP contribution >= 0.6 is 0 Å². The first-order valence-corrected chi connectivity index (χ1v) is 8.07. The lowest BCUT2D eigenvalue weighted by molar-refractivity contribution is 0.0912. The first-order chi connectivity index (χ1) is 9.88. The minimum atomic E-state index is -0.392. The molecular weight excluding hydrogens is 260 g/mol. The van der Waals surface area contributed by atoms with Crippen molar-refractivity contribution < 1.29 is 5.11 Å². The molecule has 0 spiro atoms. The van der Waals surface area contributed by atoms with Gasteiger partial charge < -0.3 is 10.0 Å². The molecule has 0 aromatic heterocycles. The van der Waals surface area contributed by atoms with E-state index in [1.165, 1.54) is 23.1 Å². The number of rotatable bonds is 3. The van der Waals surface area contributed by atoms with Crippen molar-refractivity contribution in [1.82, 2.24) is 9.80 Å². The molecule has 2 rings (SSSR count). The lowest BCUT2D eigenvalue weighted by atomic mass is 9.95. The molecule has 2 atom stereocenters. The summed E-state index contributed by atoms with van der Waals surface area (Å²) in [6.45, 7) is 12.6. The van der Waals surface area contributed by atoms with Crippen molar-refractivity contribution in [3.63, 3.8) is 0 Å². The maximum absolute atomic E-state index is 10.7. The lowest BCUT2D eigenvalue weighted by Crippen LogP contribution is -2.40. The van der Waals surface area contributed by atoms with Crippen LogP contribution in [0.1, 0.15) is 41.7 Å². The van der Waals surface area contributed by atoms with Crippen LogP contribution in [-0.2, 0) is 0 Å². The third-order valence-corrected chi connectivity index (χ3v) is 4.66. The molecule has 118 valence electrons. The Kier molecular flexibility index (Phi) is 5.42. The number of hydrogen-bond donors (Lipinski definition) is 1. The van der Waals surface area contributed by atoms with Crippen LogP contribution in [0.2, 0.25) is 0 Å². The summed E-state index contributed by atoms with van der Waals surface area (Å²) in [7, 11) is 2.19. The molecule has 1 fully saturated rings. The van der Waals surface area contributed by atoms with Crippen LogP contribution in [0.4, 0.5) is 0 Å². The zero-order chi connectivity index (χ0) is 15.6. The molecule has 1 heterocycles. The van der Waals surface area contributed by atoms with Gasteiger partial charge in [0, 0.05) is 19.1 Å². The van der Waals surface area contributed by atoms with Gasteiger partial charge in [0.1, 0.15) is 0 Å². The van der Waals surface area contributed by atoms with E-state index in [4.69, 9.17) is 0 Å². The quantitative estimate of drug-likeness (QED) is 0.927. The fourth-order valence-electron chi connectivity index (χ4n) is 3.72. The second-order valence-corrected chi connectivity index (χ2v) is 6.79. The molecule has 0 saturated carbocycles. The van der Waals surface area contributed by atoms with Crippen molar-refractivity contribution in [3.05, 3.63) is 34.4 Å². The Morgan fingerprint density at radius 3 is 2.43 bits per heavy atom. The molecule has 1 N–H and O–H groups in total. The normalized spacial score (nSPS) is 23.0. The van der Waals surface area contributed by atoms with E-state index in [1.54, 1.807) is 0 Å². The van der Waals surface area contributed by atoms with E-state index in [9.17, 15) is 5.11 Å². The molecule has 0 amide bonds. The highest BCUT2D eigenvalue weighted by Crippen LogP contribution is 2.25. The Morgan fingerprint density at radius 1 is 1.19 bits per heavy atom. The van der Waals surface area contributed by atoms with E-state index in [0.717, 1.165) is 31.7 Å². The Labute approximate surface area is 129 Å². The predicted molar refractivity (Wildman–Crippen MR) is 88.8 cm³/mol. The first-order valence-electron chi connectivity index (χ1n) is 8.07. The molecule has 0 bridgehead atoms. The Balaban J connectivity index is 2.12. The van der Waals surface area contributed by atoms with Gasteiger partial charge in [-0.05, 0) is 70.9 Å². The Hall–Kier alpha value is -0.900. The van der Waals surface area contributed by atoms with E-state index >= 15 is 0 Å². The number of likely N-dealkylation sites (N-methyl/N-ethyl adjacent to an activating group) is 1. The molecule has 1 aromatic rings. The van der Waals surface area contributed by atoms with E-state index in [2.05, 4.69) is 56.7 Å². The number of benzene rings is 1. The van der Waals surface area contributed by atoms with E-state index in [-0.39, 0.29) is 0 Å². The number of aryl methyl sites for hydroxylation is 3. The van der Waals surface area contributed by atoms with Gasteiger partial charge in [-0.1, -0.05) is 17.7 Å². The zero-order valence-corrected chi connectivity index (χ0v) is 14.2. The third kappa shape index (κ3) is 4.06. The third-order valence-electron chi connectivity index (χ3n) is 4.66. The fourth-order valence-corrected chi connectivity index (χ4v) is 3.72. The van der Waals surface area contributed by atoms with Crippen molar-refractivity contribution in [3.8, 4) is 0 Å². The molecule has 1 saturated heterocycles. The highest BCUT2D eigenvalue weighted by atomic mass is 16.3. The van der Waals surface area contributed by atoms with Gasteiger partial charge in [-0.3, -0.25) is 4.90 Å². The van der Waals surface area contributed by atoms with Gasteiger partial charge in [-0.2, -0.15) is 0 Å². The molecule has 1 aromatic carbocycles. The van der Waals surface area contributed by atoms with Crippen LogP contribution in [0.25, 0.3) is 0 Å². The van der Waals surface area contributed by atoms with Gasteiger partial charge in [0.25, 0.3) is 0 Å². The molecule has 2 unspecified atom stereocenters. The number of β-amino-alcohol motifs (C(OH)–C–C–N with tert-alkyl or cyclic N) is 1. The summed E-state index contributed by atoms with van der Waals surface area (Å²) in [6, 6.07) is 4.84. The maximum Gasteiger partial charge on any atom is 0.0922 e. The summed E-state index contributed by atoms with van der Waals surface area (Å²) in [5.41, 5.74) is 4.80. The van der Waals surface area contributed by atoms with E-state index in [0.29, 0.717) is 6.04 Å². The summed E-state index contributed by atoms with van der Waals surface area (Å²) in [5.74, 6) is 0. The van der Waals surface area contributed by atoms with E-state index in [1.807, 2.05) is 0 Å². The van der Waals surface area contributed by atoms with Crippen LogP contribution < -0.4 is 0 Å². The topological polar surface area (TPSA) is 26.7 Å². The fraction of sp³-hybridized carbons (Fsp3) is 0.667.